The van der Waals surface area contributed by atoms with Crippen LogP contribution in [0.3, 0.4) is 0 Å². The van der Waals surface area contributed by atoms with E-state index in [1.54, 1.807) is 7.11 Å². The van der Waals surface area contributed by atoms with Gasteiger partial charge >= 0.3 is 6.03 Å². The van der Waals surface area contributed by atoms with Crippen molar-refractivity contribution in [2.24, 2.45) is 4.99 Å². The summed E-state index contributed by atoms with van der Waals surface area (Å²) in [6, 6.07) is 21.1. The van der Waals surface area contributed by atoms with Gasteiger partial charge in [-0.15, -0.1) is 0 Å². The van der Waals surface area contributed by atoms with Gasteiger partial charge in [0.05, 0.1) is 39.0 Å². The number of halogens is 1. The highest BCUT2D eigenvalue weighted by atomic mass is 79.9. The summed E-state index contributed by atoms with van der Waals surface area (Å²) in [4.78, 5) is 25.2. The average Bonchev–Trinajstić information content (AvgIpc) is 3.01. The molecule has 1 N–H and O–H groups in total. The molecule has 0 spiro atoms. The van der Waals surface area contributed by atoms with Crippen molar-refractivity contribution in [3.8, 4) is 11.5 Å². The van der Waals surface area contributed by atoms with E-state index in [0.717, 1.165) is 26.6 Å². The molecule has 0 bridgehead atoms. The number of carbonyl (C=O) groups is 1. The van der Waals surface area contributed by atoms with E-state index in [-0.39, 0.29) is 12.6 Å². The zero-order chi connectivity index (χ0) is 30.1. The number of carbonyl (C=O) groups excluding carboxylic acids is 1. The van der Waals surface area contributed by atoms with Gasteiger partial charge in [0.2, 0.25) is 0 Å². The molecule has 8 nitrogen and oxygen atoms in total. The highest BCUT2D eigenvalue weighted by Crippen LogP contribution is 2.40. The van der Waals surface area contributed by atoms with E-state index in [1.807, 2.05) is 59.2 Å². The lowest BCUT2D eigenvalue weighted by Crippen LogP contribution is -2.54. The van der Waals surface area contributed by atoms with Crippen LogP contribution >= 0.6 is 15.9 Å². The van der Waals surface area contributed by atoms with E-state index < -0.39 is 12.1 Å². The lowest BCUT2D eigenvalue weighted by Gasteiger charge is -2.42. The molecule has 1 fully saturated rings. The Hall–Kier alpha value is -3.34. The lowest BCUT2D eigenvalue weighted by atomic mass is 9.88. The molecule has 1 aliphatic rings. The number of rotatable bonds is 12. The number of ether oxygens (including phenoxy) is 2. The van der Waals surface area contributed by atoms with Gasteiger partial charge in [0.15, 0.2) is 0 Å². The third-order valence-corrected chi connectivity index (χ3v) is 8.21. The Morgan fingerprint density at radius 1 is 1.07 bits per heavy atom. The summed E-state index contributed by atoms with van der Waals surface area (Å²) in [5, 5.41) is 9.41. The van der Waals surface area contributed by atoms with Crippen LogP contribution in [0.25, 0.3) is 0 Å². The molecule has 222 valence electrons. The first-order valence-corrected chi connectivity index (χ1v) is 15.1. The first kappa shape index (κ1) is 31.6. The van der Waals surface area contributed by atoms with E-state index in [2.05, 4.69) is 64.7 Å². The number of piperazine rings is 1. The molecule has 0 aliphatic carbocycles. The Balaban J connectivity index is 1.82. The van der Waals surface area contributed by atoms with E-state index >= 15 is 0 Å². The minimum absolute atomic E-state index is 0.0757. The largest absolute Gasteiger partial charge is 0.497 e. The number of aliphatic hydroxyl groups is 1. The van der Waals surface area contributed by atoms with Gasteiger partial charge in [-0.25, -0.2) is 4.79 Å². The van der Waals surface area contributed by atoms with Crippen molar-refractivity contribution in [2.45, 2.75) is 25.6 Å². The molecule has 1 heterocycles. The summed E-state index contributed by atoms with van der Waals surface area (Å²) in [6.45, 7) is 9.99. The SMILES string of the molecule is Bc1ccc(C(C(N=C)c2ccc(Br)cc2)N(Cc2ccc(OC)cc2OCC)C(=O)N2CCN(CCO)CC2)cc1. The summed E-state index contributed by atoms with van der Waals surface area (Å²) in [5.41, 5.74) is 3.94. The van der Waals surface area contributed by atoms with Crippen molar-refractivity contribution >= 4 is 42.0 Å². The standard InChI is InChI=1S/C32H40BBrN4O4/c1-4-42-29-21-28(41-3)14-9-25(29)22-38(32(40)37-17-15-36(16-18-37)19-20-39)31(24-5-10-26(33)11-6-24)30(35-2)23-7-12-27(34)13-8-23/h5-14,21,30-31,39H,2,4,15-20,22,33H2,1,3H3. The Kier molecular flexibility index (Phi) is 11.5. The van der Waals surface area contributed by atoms with Crippen LogP contribution in [0.1, 0.15) is 35.7 Å². The molecular weight excluding hydrogens is 595 g/mol. The Labute approximate surface area is 258 Å². The smallest absolute Gasteiger partial charge is 0.321 e. The quantitative estimate of drug-likeness (QED) is 0.242. The van der Waals surface area contributed by atoms with E-state index in [0.29, 0.717) is 57.4 Å². The number of hydrogen-bond acceptors (Lipinski definition) is 6. The maximum Gasteiger partial charge on any atom is 0.321 e. The fourth-order valence-corrected chi connectivity index (χ4v) is 5.64. The molecule has 0 saturated carbocycles. The molecule has 4 rings (SSSR count). The van der Waals surface area contributed by atoms with Gasteiger partial charge < -0.3 is 24.4 Å². The number of β-amino-alcohol motifs (C(OH)–C–C–N with tert-alkyl or cyclic N) is 1. The summed E-state index contributed by atoms with van der Waals surface area (Å²) in [6.07, 6.45) is 0. The van der Waals surface area contributed by atoms with Crippen molar-refractivity contribution < 1.29 is 19.4 Å². The molecule has 2 amide bonds. The topological polar surface area (TPSA) is 77.8 Å². The van der Waals surface area contributed by atoms with Gasteiger partial charge in [0.1, 0.15) is 19.3 Å². The van der Waals surface area contributed by atoms with Crippen molar-refractivity contribution in [1.29, 1.82) is 0 Å². The van der Waals surface area contributed by atoms with Crippen molar-refractivity contribution in [1.82, 2.24) is 14.7 Å². The van der Waals surface area contributed by atoms with Gasteiger partial charge in [-0.3, -0.25) is 9.89 Å². The second-order valence-electron chi connectivity index (χ2n) is 10.4. The number of benzene rings is 3. The minimum atomic E-state index is -0.441. The fraction of sp³-hybridized carbons (Fsp3) is 0.375. The first-order chi connectivity index (χ1) is 20.4. The van der Waals surface area contributed by atoms with Crippen LogP contribution in [0.5, 0.6) is 11.5 Å². The number of hydrogen-bond donors (Lipinski definition) is 1. The molecule has 3 aromatic rings. The van der Waals surface area contributed by atoms with Gasteiger partial charge in [0.25, 0.3) is 0 Å². The zero-order valence-electron chi connectivity index (χ0n) is 24.7. The van der Waals surface area contributed by atoms with Crippen LogP contribution in [-0.4, -0.2) is 93.4 Å². The molecule has 0 aromatic heterocycles. The Morgan fingerprint density at radius 3 is 2.33 bits per heavy atom. The second kappa shape index (κ2) is 15.2. The Morgan fingerprint density at radius 2 is 1.74 bits per heavy atom. The fourth-order valence-electron chi connectivity index (χ4n) is 5.38. The number of methoxy groups -OCH3 is 1. The lowest BCUT2D eigenvalue weighted by molar-refractivity contribution is 0.0856. The summed E-state index contributed by atoms with van der Waals surface area (Å²) in [7, 11) is 3.68. The van der Waals surface area contributed by atoms with Gasteiger partial charge in [0, 0.05) is 48.8 Å². The molecular formula is C32H40BBrN4O4. The van der Waals surface area contributed by atoms with Crippen LogP contribution in [0.15, 0.2) is 76.2 Å². The number of amides is 2. The maximum atomic E-state index is 14.6. The van der Waals surface area contributed by atoms with Gasteiger partial charge in [-0.2, -0.15) is 0 Å². The molecule has 2 atom stereocenters. The molecule has 1 saturated heterocycles. The van der Waals surface area contributed by atoms with E-state index in [1.165, 1.54) is 0 Å². The second-order valence-corrected chi connectivity index (χ2v) is 11.3. The normalized spacial score (nSPS) is 15.1. The Bertz CT molecular complexity index is 1320. The van der Waals surface area contributed by atoms with E-state index in [9.17, 15) is 9.90 Å². The van der Waals surface area contributed by atoms with Crippen molar-refractivity contribution in [3.63, 3.8) is 0 Å². The maximum absolute atomic E-state index is 14.6. The number of nitrogens with zero attached hydrogens (tertiary/aromatic N) is 4. The molecule has 42 heavy (non-hydrogen) atoms. The first-order valence-electron chi connectivity index (χ1n) is 14.3. The van der Waals surface area contributed by atoms with Crippen molar-refractivity contribution in [2.75, 3.05) is 53.0 Å². The number of urea groups is 1. The molecule has 0 radical (unpaired) electrons. The van der Waals surface area contributed by atoms with Crippen molar-refractivity contribution in [3.05, 3.63) is 87.9 Å². The molecule has 10 heteroatoms. The molecule has 1 aliphatic heterocycles. The van der Waals surface area contributed by atoms with Crippen LogP contribution in [0.4, 0.5) is 4.79 Å². The predicted molar refractivity (Wildman–Crippen MR) is 174 cm³/mol. The third kappa shape index (κ3) is 7.73. The molecule has 2 unspecified atom stereocenters. The van der Waals surface area contributed by atoms with E-state index in [4.69, 9.17) is 9.47 Å². The number of aliphatic imine (C=N–C) groups is 1. The van der Waals surface area contributed by atoms with Crippen LogP contribution in [0.2, 0.25) is 0 Å². The third-order valence-electron chi connectivity index (χ3n) is 7.68. The molecule has 3 aromatic carbocycles. The van der Waals surface area contributed by atoms with Gasteiger partial charge in [-0.05, 0) is 49.0 Å². The summed E-state index contributed by atoms with van der Waals surface area (Å²) >= 11 is 3.54. The highest BCUT2D eigenvalue weighted by molar-refractivity contribution is 9.10. The predicted octanol–water partition coefficient (Wildman–Crippen LogP) is 3.83. The minimum Gasteiger partial charge on any atom is -0.497 e. The zero-order valence-corrected chi connectivity index (χ0v) is 26.3. The average molecular weight is 635 g/mol. The van der Waals surface area contributed by atoms with Crippen LogP contribution < -0.4 is 14.9 Å². The summed E-state index contributed by atoms with van der Waals surface area (Å²) in [5.74, 6) is 1.37. The van der Waals surface area contributed by atoms with Gasteiger partial charge in [-0.1, -0.05) is 57.8 Å². The summed E-state index contributed by atoms with van der Waals surface area (Å²) < 4.78 is 12.5. The highest BCUT2D eigenvalue weighted by Gasteiger charge is 2.36. The number of aliphatic hydroxyl groups excluding tert-OH is 1. The van der Waals surface area contributed by atoms with Crippen LogP contribution in [-0.2, 0) is 6.54 Å². The van der Waals surface area contributed by atoms with Crippen LogP contribution in [0, 0.1) is 0 Å². The monoisotopic (exact) mass is 634 g/mol.